The average molecular weight is 467 g/mol. The number of thioether (sulfide) groups is 1. The fourth-order valence-corrected chi connectivity index (χ4v) is 5.50. The molecule has 142 valence electrons. The van der Waals surface area contributed by atoms with E-state index >= 15 is 0 Å². The Labute approximate surface area is 171 Å². The second-order valence-corrected chi connectivity index (χ2v) is 9.79. The normalized spacial score (nSPS) is 22.5. The van der Waals surface area contributed by atoms with Gasteiger partial charge >= 0.3 is 154 Å². The van der Waals surface area contributed by atoms with Crippen LogP contribution in [0.15, 0.2) is 39.9 Å². The molecule has 0 amide bonds. The molecule has 0 aliphatic carbocycles. The summed E-state index contributed by atoms with van der Waals surface area (Å²) >= 11 is 3.73. The average Bonchev–Trinajstić information content (AvgIpc) is 3.15. The number of thiazole rings is 1. The first kappa shape index (κ1) is 19.0. The van der Waals surface area contributed by atoms with Crippen molar-refractivity contribution in [2.45, 2.75) is 30.4 Å². The number of nitrogens with one attached hydrogen (secondary N) is 1. The number of nitrogens with zero attached hydrogens (tertiary/aromatic N) is 2. The monoisotopic (exact) mass is 467 g/mol. The number of aromatic nitrogens is 3. The molecular weight excluding hydrogens is 449 g/mol. The Bertz CT molecular complexity index is 1070. The van der Waals surface area contributed by atoms with Crippen molar-refractivity contribution in [1.82, 2.24) is 14.5 Å². The second-order valence-electron chi connectivity index (χ2n) is 6.14. The van der Waals surface area contributed by atoms with Crippen LogP contribution >= 0.6 is 23.1 Å². The van der Waals surface area contributed by atoms with Gasteiger partial charge < -0.3 is 0 Å². The van der Waals surface area contributed by atoms with Gasteiger partial charge in [0.15, 0.2) is 0 Å². The van der Waals surface area contributed by atoms with Gasteiger partial charge in [-0.3, -0.25) is 0 Å². The molecule has 1 aromatic carbocycles. The van der Waals surface area contributed by atoms with Crippen LogP contribution in [0.3, 0.4) is 0 Å². The molecule has 10 heteroatoms. The zero-order valence-electron chi connectivity index (χ0n) is 14.5. The minimum absolute atomic E-state index is 0.0396. The van der Waals surface area contributed by atoms with Gasteiger partial charge in [0.25, 0.3) is 0 Å². The maximum atomic E-state index is 12.5. The summed E-state index contributed by atoms with van der Waals surface area (Å²) in [6, 6.07) is 9.94. The summed E-state index contributed by atoms with van der Waals surface area (Å²) in [5, 5.41) is 0.0396. The van der Waals surface area contributed by atoms with E-state index in [1.54, 1.807) is 11.8 Å². The first-order valence-corrected chi connectivity index (χ1v) is 11.3. The number of H-pyrrole nitrogens is 1. The van der Waals surface area contributed by atoms with Crippen molar-refractivity contribution in [3.05, 3.63) is 55.9 Å². The third-order valence-electron chi connectivity index (χ3n) is 4.17. The number of hydrogen-bond donors (Lipinski definition) is 1. The van der Waals surface area contributed by atoms with Gasteiger partial charge in [-0.1, -0.05) is 18.2 Å². The van der Waals surface area contributed by atoms with Gasteiger partial charge in [0.05, 0.1) is 0 Å². The molecule has 3 aromatic rings. The number of aromatic amines is 1. The van der Waals surface area contributed by atoms with Crippen LogP contribution < -0.4 is 15.0 Å². The molecule has 0 bridgehead atoms. The Morgan fingerprint density at radius 1 is 1.33 bits per heavy atom. The molecule has 4 rings (SSSR count). The van der Waals surface area contributed by atoms with Crippen molar-refractivity contribution in [3.63, 3.8) is 0 Å². The van der Waals surface area contributed by atoms with Gasteiger partial charge in [-0.25, -0.2) is 0 Å². The summed E-state index contributed by atoms with van der Waals surface area (Å²) in [6.45, 7) is 2.94. The first-order chi connectivity index (χ1) is 13.0. The summed E-state index contributed by atoms with van der Waals surface area (Å²) in [7, 11) is 0. The molecule has 2 aromatic heterocycles. The van der Waals surface area contributed by atoms with Crippen molar-refractivity contribution in [3.8, 4) is 0 Å². The van der Waals surface area contributed by atoms with E-state index in [1.165, 1.54) is 21.4 Å². The van der Waals surface area contributed by atoms with Crippen LogP contribution in [0.4, 0.5) is 0 Å². The molecule has 1 saturated heterocycles. The van der Waals surface area contributed by atoms with Crippen LogP contribution in [-0.4, -0.2) is 48.7 Å². The second kappa shape index (κ2) is 7.93. The van der Waals surface area contributed by atoms with E-state index in [9.17, 15) is 9.59 Å². The fraction of sp³-hybridized carbons (Fsp3) is 0.353. The van der Waals surface area contributed by atoms with Gasteiger partial charge in [0, 0.05) is 0 Å². The Morgan fingerprint density at radius 2 is 2.11 bits per heavy atom. The molecule has 4 atom stereocenters. The fourth-order valence-electron chi connectivity index (χ4n) is 2.97. The van der Waals surface area contributed by atoms with Crippen LogP contribution in [0.25, 0.3) is 10.3 Å². The Hall–Kier alpha value is -1.38. The Morgan fingerprint density at radius 3 is 2.89 bits per heavy atom. The van der Waals surface area contributed by atoms with Crippen molar-refractivity contribution in [1.29, 1.82) is 0 Å². The standard InChI is InChI=1S/C17H18AsN3O4S2/c1-9-15(21-13-12(27-17(21)23)14(22)20-16(18)19-13)25-11(26-9)8-24-7-10-5-3-2-4-6-10/h2-6,9,11,15H,7-8,18H2,1H3,(H,19,20,22)/t9-,11-,15-/m0/s1. The number of rotatable bonds is 5. The zero-order valence-corrected chi connectivity index (χ0v) is 18.5. The molecule has 1 N–H and O–H groups in total. The summed E-state index contributed by atoms with van der Waals surface area (Å²) in [5.74, 6) is 0. The topological polar surface area (TPSA) is 86.2 Å². The van der Waals surface area contributed by atoms with Crippen LogP contribution in [0.2, 0.25) is 0 Å². The van der Waals surface area contributed by atoms with Gasteiger partial charge in [0.1, 0.15) is 0 Å². The molecule has 1 fully saturated rings. The molecule has 0 radical (unpaired) electrons. The predicted octanol–water partition coefficient (Wildman–Crippen LogP) is 0.598. The van der Waals surface area contributed by atoms with Gasteiger partial charge in [-0.05, 0) is 0 Å². The van der Waals surface area contributed by atoms with Crippen LogP contribution in [-0.2, 0) is 16.1 Å². The number of hydrogen-bond acceptors (Lipinski definition) is 7. The molecule has 1 unspecified atom stereocenters. The van der Waals surface area contributed by atoms with Crippen LogP contribution in [0.1, 0.15) is 18.7 Å². The maximum absolute atomic E-state index is 12.5. The molecule has 1 aliphatic heterocycles. The molecule has 27 heavy (non-hydrogen) atoms. The van der Waals surface area contributed by atoms with Crippen molar-refractivity contribution in [2.75, 3.05) is 6.61 Å². The molecule has 1 aliphatic rings. The van der Waals surface area contributed by atoms with Crippen molar-refractivity contribution < 1.29 is 9.47 Å². The zero-order chi connectivity index (χ0) is 19.0. The minimum atomic E-state index is -0.470. The van der Waals surface area contributed by atoms with E-state index in [-0.39, 0.29) is 21.1 Å². The van der Waals surface area contributed by atoms with Crippen molar-refractivity contribution in [2.24, 2.45) is 0 Å². The van der Waals surface area contributed by atoms with Crippen molar-refractivity contribution >= 4 is 54.9 Å². The molecular formula is C17H18AsN3O4S2. The van der Waals surface area contributed by atoms with E-state index in [2.05, 4.69) is 9.97 Å². The SMILES string of the molecule is C[C@@H]1S[C@@H](COCc2ccccc2)O[C@@H]1n1c(=O)sc2c(=O)[nH]c([AsH2])nc21. The Balaban J connectivity index is 1.50. The Kier molecular flexibility index (Phi) is 5.57. The summed E-state index contributed by atoms with van der Waals surface area (Å²) in [5.41, 5.74) is 1.05. The third-order valence-corrected chi connectivity index (χ3v) is 6.90. The van der Waals surface area contributed by atoms with Gasteiger partial charge in [0.2, 0.25) is 0 Å². The number of ether oxygens (including phenoxy) is 2. The third kappa shape index (κ3) is 3.93. The number of fused-ring (bicyclic) bond motifs is 1. The van der Waals surface area contributed by atoms with Gasteiger partial charge in [-0.2, -0.15) is 0 Å². The summed E-state index contributed by atoms with van der Waals surface area (Å²) < 4.78 is 14.2. The molecule has 3 heterocycles. The molecule has 0 saturated carbocycles. The quantitative estimate of drug-likeness (QED) is 0.554. The summed E-state index contributed by atoms with van der Waals surface area (Å²) in [6.07, 6.45) is -0.470. The van der Waals surface area contributed by atoms with E-state index in [4.69, 9.17) is 9.47 Å². The van der Waals surface area contributed by atoms with E-state index in [0.29, 0.717) is 28.2 Å². The van der Waals surface area contributed by atoms with E-state index < -0.39 is 6.23 Å². The first-order valence-electron chi connectivity index (χ1n) is 8.36. The van der Waals surface area contributed by atoms with E-state index in [0.717, 1.165) is 16.9 Å². The summed E-state index contributed by atoms with van der Waals surface area (Å²) in [4.78, 5) is 31.4. The van der Waals surface area contributed by atoms with Crippen LogP contribution in [0, 0.1) is 0 Å². The van der Waals surface area contributed by atoms with Crippen LogP contribution in [0.5, 0.6) is 0 Å². The molecule has 7 nitrogen and oxygen atoms in total. The van der Waals surface area contributed by atoms with E-state index in [1.807, 2.05) is 37.3 Å². The number of benzene rings is 1. The predicted molar refractivity (Wildman–Crippen MR) is 110 cm³/mol. The molecule has 0 spiro atoms. The van der Waals surface area contributed by atoms with Gasteiger partial charge in [-0.15, -0.1) is 0 Å².